The van der Waals surface area contributed by atoms with Crippen molar-refractivity contribution in [3.05, 3.63) is 53.9 Å². The third kappa shape index (κ3) is 4.99. The van der Waals surface area contributed by atoms with Crippen LogP contribution in [-0.2, 0) is 17.8 Å². The number of aryl methyl sites for hydroxylation is 1. The minimum Gasteiger partial charge on any atom is -0.496 e. The third-order valence-electron chi connectivity index (χ3n) is 6.02. The number of benzene rings is 2. The molecule has 9 nitrogen and oxygen atoms in total. The number of anilines is 1. The first kappa shape index (κ1) is 23.6. The first-order valence-corrected chi connectivity index (χ1v) is 11.6. The Hall–Kier alpha value is -3.59. The molecule has 2 amide bonds. The van der Waals surface area contributed by atoms with Crippen LogP contribution < -0.4 is 10.1 Å². The molecule has 180 valence electrons. The molecule has 0 atom stereocenters. The fraction of sp³-hybridized carbons (Fsp3) is 0.400. The molecule has 3 aromatic rings. The molecule has 2 heterocycles. The first-order valence-electron chi connectivity index (χ1n) is 11.6. The SMILES string of the molecule is CCOC(=O)N1CCN(Cc2nc3cc(NC(=O)c4ccccc4OC)ccc3n2CC)CC1. The van der Waals surface area contributed by atoms with Crippen LogP contribution in [-0.4, -0.2) is 71.2 Å². The molecule has 0 saturated carbocycles. The fourth-order valence-electron chi connectivity index (χ4n) is 4.26. The third-order valence-corrected chi connectivity index (χ3v) is 6.02. The molecule has 0 radical (unpaired) electrons. The summed E-state index contributed by atoms with van der Waals surface area (Å²) >= 11 is 0. The zero-order chi connectivity index (χ0) is 24.1. The highest BCUT2D eigenvalue weighted by molar-refractivity contribution is 6.06. The Morgan fingerprint density at radius 2 is 1.82 bits per heavy atom. The lowest BCUT2D eigenvalue weighted by molar-refractivity contribution is 0.0769. The minimum atomic E-state index is -0.245. The molecule has 1 aliphatic heterocycles. The van der Waals surface area contributed by atoms with Crippen LogP contribution in [0.4, 0.5) is 10.5 Å². The van der Waals surface area contributed by atoms with Gasteiger partial charge in [0, 0.05) is 38.4 Å². The Balaban J connectivity index is 1.47. The number of para-hydroxylation sites is 1. The molecule has 0 spiro atoms. The molecule has 0 aliphatic carbocycles. The summed E-state index contributed by atoms with van der Waals surface area (Å²) in [6.07, 6.45) is -0.245. The molecule has 1 N–H and O–H groups in total. The first-order chi connectivity index (χ1) is 16.5. The Morgan fingerprint density at radius 1 is 1.06 bits per heavy atom. The van der Waals surface area contributed by atoms with Gasteiger partial charge in [-0.2, -0.15) is 0 Å². The number of amides is 2. The maximum atomic E-state index is 12.8. The zero-order valence-electron chi connectivity index (χ0n) is 19.9. The van der Waals surface area contributed by atoms with E-state index in [9.17, 15) is 9.59 Å². The van der Waals surface area contributed by atoms with Crippen LogP contribution in [0.5, 0.6) is 5.75 Å². The highest BCUT2D eigenvalue weighted by Gasteiger charge is 2.23. The monoisotopic (exact) mass is 465 g/mol. The van der Waals surface area contributed by atoms with E-state index < -0.39 is 0 Å². The number of carbonyl (C=O) groups is 2. The van der Waals surface area contributed by atoms with Crippen LogP contribution in [0.15, 0.2) is 42.5 Å². The van der Waals surface area contributed by atoms with E-state index in [4.69, 9.17) is 14.5 Å². The molecule has 2 aromatic carbocycles. The van der Waals surface area contributed by atoms with Crippen LogP contribution in [0.2, 0.25) is 0 Å². The molecular formula is C25H31N5O4. The number of hydrogen-bond acceptors (Lipinski definition) is 6. The number of methoxy groups -OCH3 is 1. The van der Waals surface area contributed by atoms with E-state index in [0.29, 0.717) is 43.2 Å². The lowest BCUT2D eigenvalue weighted by Gasteiger charge is -2.33. The maximum absolute atomic E-state index is 12.8. The largest absolute Gasteiger partial charge is 0.496 e. The summed E-state index contributed by atoms with van der Waals surface area (Å²) in [5.74, 6) is 1.27. The highest BCUT2D eigenvalue weighted by Crippen LogP contribution is 2.24. The van der Waals surface area contributed by atoms with Crippen LogP contribution in [0.1, 0.15) is 30.0 Å². The van der Waals surface area contributed by atoms with Crippen LogP contribution in [0.3, 0.4) is 0 Å². The number of rotatable bonds is 7. The predicted octanol–water partition coefficient (Wildman–Crippen LogP) is 3.59. The number of nitrogens with zero attached hydrogens (tertiary/aromatic N) is 4. The van der Waals surface area contributed by atoms with Crippen molar-refractivity contribution in [2.75, 3.05) is 45.2 Å². The van der Waals surface area contributed by atoms with Gasteiger partial charge in [0.15, 0.2) is 0 Å². The number of piperazine rings is 1. The number of hydrogen-bond donors (Lipinski definition) is 1. The molecule has 1 aromatic heterocycles. The number of imidazole rings is 1. The predicted molar refractivity (Wildman–Crippen MR) is 130 cm³/mol. The minimum absolute atomic E-state index is 0.230. The summed E-state index contributed by atoms with van der Waals surface area (Å²) in [4.78, 5) is 33.6. The van der Waals surface area contributed by atoms with E-state index >= 15 is 0 Å². The van der Waals surface area contributed by atoms with Gasteiger partial charge in [0.1, 0.15) is 11.6 Å². The quantitative estimate of drug-likeness (QED) is 0.574. The van der Waals surface area contributed by atoms with Gasteiger partial charge < -0.3 is 24.3 Å². The van der Waals surface area contributed by atoms with Crippen LogP contribution >= 0.6 is 0 Å². The summed E-state index contributed by atoms with van der Waals surface area (Å²) < 4.78 is 12.6. The number of ether oxygens (including phenoxy) is 2. The van der Waals surface area contributed by atoms with Crippen molar-refractivity contribution in [1.29, 1.82) is 0 Å². The lowest BCUT2D eigenvalue weighted by Crippen LogP contribution is -2.48. The average Bonchev–Trinajstić information content (AvgIpc) is 3.20. The van der Waals surface area contributed by atoms with E-state index in [1.807, 2.05) is 37.3 Å². The van der Waals surface area contributed by atoms with Gasteiger partial charge in [-0.25, -0.2) is 9.78 Å². The molecule has 1 aliphatic rings. The van der Waals surface area contributed by atoms with Crippen molar-refractivity contribution in [2.45, 2.75) is 26.9 Å². The van der Waals surface area contributed by atoms with Crippen LogP contribution in [0.25, 0.3) is 11.0 Å². The van der Waals surface area contributed by atoms with E-state index in [0.717, 1.165) is 36.5 Å². The van der Waals surface area contributed by atoms with Crippen molar-refractivity contribution in [2.24, 2.45) is 0 Å². The standard InChI is InChI=1S/C25H31N5O4/c1-4-30-21-11-10-18(26-24(31)19-8-6-7-9-22(19)33-3)16-20(21)27-23(30)17-28-12-14-29(15-13-28)25(32)34-5-2/h6-11,16H,4-5,12-15,17H2,1-3H3,(H,26,31). The summed E-state index contributed by atoms with van der Waals surface area (Å²) in [7, 11) is 1.55. The van der Waals surface area contributed by atoms with Crippen molar-refractivity contribution in [3.8, 4) is 5.75 Å². The van der Waals surface area contributed by atoms with E-state index in [2.05, 4.69) is 21.7 Å². The van der Waals surface area contributed by atoms with Gasteiger partial charge in [-0.1, -0.05) is 12.1 Å². The lowest BCUT2D eigenvalue weighted by atomic mass is 10.2. The average molecular weight is 466 g/mol. The second-order valence-corrected chi connectivity index (χ2v) is 8.09. The van der Waals surface area contributed by atoms with Gasteiger partial charge in [0.05, 0.1) is 36.9 Å². The Bertz CT molecular complexity index is 1170. The topological polar surface area (TPSA) is 88.9 Å². The molecule has 34 heavy (non-hydrogen) atoms. The summed E-state index contributed by atoms with van der Waals surface area (Å²) in [5.41, 5.74) is 3.02. The summed E-state index contributed by atoms with van der Waals surface area (Å²) in [6, 6.07) is 12.9. The van der Waals surface area contributed by atoms with Gasteiger partial charge in [-0.3, -0.25) is 9.69 Å². The van der Waals surface area contributed by atoms with Gasteiger partial charge in [-0.05, 0) is 44.2 Å². The molecule has 4 rings (SSSR count). The van der Waals surface area contributed by atoms with Crippen molar-refractivity contribution < 1.29 is 19.1 Å². The van der Waals surface area contributed by atoms with E-state index in [-0.39, 0.29) is 12.0 Å². The van der Waals surface area contributed by atoms with E-state index in [1.54, 1.807) is 24.1 Å². The number of carbonyl (C=O) groups excluding carboxylic acids is 2. The molecule has 0 bridgehead atoms. The molecule has 0 unspecified atom stereocenters. The zero-order valence-corrected chi connectivity index (χ0v) is 19.9. The highest BCUT2D eigenvalue weighted by atomic mass is 16.6. The summed E-state index contributed by atoms with van der Waals surface area (Å²) in [5, 5.41) is 2.95. The van der Waals surface area contributed by atoms with Gasteiger partial charge in [-0.15, -0.1) is 0 Å². The van der Waals surface area contributed by atoms with Gasteiger partial charge >= 0.3 is 6.09 Å². The van der Waals surface area contributed by atoms with Crippen LogP contribution in [0, 0.1) is 0 Å². The normalized spacial score (nSPS) is 14.3. The molecule has 9 heteroatoms. The second kappa shape index (κ2) is 10.6. The van der Waals surface area contributed by atoms with Crippen molar-refractivity contribution >= 4 is 28.7 Å². The van der Waals surface area contributed by atoms with Gasteiger partial charge in [0.2, 0.25) is 0 Å². The number of fused-ring (bicyclic) bond motifs is 1. The Labute approximate surface area is 199 Å². The summed E-state index contributed by atoms with van der Waals surface area (Å²) in [6.45, 7) is 8.62. The number of nitrogens with one attached hydrogen (secondary N) is 1. The van der Waals surface area contributed by atoms with E-state index in [1.165, 1.54) is 0 Å². The molecule has 1 saturated heterocycles. The molecule has 1 fully saturated rings. The van der Waals surface area contributed by atoms with Crippen molar-refractivity contribution in [1.82, 2.24) is 19.4 Å². The molecular weight excluding hydrogens is 434 g/mol. The Kier molecular flexibility index (Phi) is 7.32. The Morgan fingerprint density at radius 3 is 2.53 bits per heavy atom. The fourth-order valence-corrected chi connectivity index (χ4v) is 4.26. The maximum Gasteiger partial charge on any atom is 0.409 e. The van der Waals surface area contributed by atoms with Crippen molar-refractivity contribution in [3.63, 3.8) is 0 Å². The smallest absolute Gasteiger partial charge is 0.409 e. The second-order valence-electron chi connectivity index (χ2n) is 8.09. The number of aromatic nitrogens is 2. The van der Waals surface area contributed by atoms with Gasteiger partial charge in [0.25, 0.3) is 5.91 Å².